The van der Waals surface area contributed by atoms with Gasteiger partial charge in [-0.25, -0.2) is 9.97 Å². The Bertz CT molecular complexity index is 644. The Labute approximate surface area is 136 Å². The van der Waals surface area contributed by atoms with Crippen LogP contribution < -0.4 is 0 Å². The molecule has 3 rings (SSSR count). The fourth-order valence-electron chi connectivity index (χ4n) is 3.14. The molecule has 3 heterocycles. The lowest BCUT2D eigenvalue weighted by molar-refractivity contribution is 0.0676. The van der Waals surface area contributed by atoms with Gasteiger partial charge in [0.05, 0.1) is 6.20 Å². The standard InChI is InChI=1S/C17H23N5O/c1-13(2)16-20-7-10-22(16)12-14-3-8-21(9-4-14)17(23)15-11-18-5-6-19-15/h5-7,10-11,13-14H,3-4,8-9,12H2,1-2H3. The number of piperidine rings is 1. The third-order valence-corrected chi connectivity index (χ3v) is 4.40. The summed E-state index contributed by atoms with van der Waals surface area (Å²) in [4.78, 5) is 26.8. The summed E-state index contributed by atoms with van der Waals surface area (Å²) in [7, 11) is 0. The van der Waals surface area contributed by atoms with Crippen LogP contribution in [-0.4, -0.2) is 43.4 Å². The molecule has 0 atom stereocenters. The smallest absolute Gasteiger partial charge is 0.274 e. The number of nitrogens with zero attached hydrogens (tertiary/aromatic N) is 5. The van der Waals surface area contributed by atoms with Crippen molar-refractivity contribution >= 4 is 5.91 Å². The molecule has 0 radical (unpaired) electrons. The van der Waals surface area contributed by atoms with Crippen LogP contribution in [0.4, 0.5) is 0 Å². The minimum Gasteiger partial charge on any atom is -0.337 e. The predicted molar refractivity (Wildman–Crippen MR) is 87.0 cm³/mol. The van der Waals surface area contributed by atoms with Gasteiger partial charge in [-0.3, -0.25) is 9.78 Å². The minimum atomic E-state index is -0.0120. The van der Waals surface area contributed by atoms with Gasteiger partial charge in [-0.1, -0.05) is 13.8 Å². The van der Waals surface area contributed by atoms with Crippen LogP contribution in [0.15, 0.2) is 31.0 Å². The summed E-state index contributed by atoms with van der Waals surface area (Å²) >= 11 is 0. The van der Waals surface area contributed by atoms with Crippen molar-refractivity contribution in [2.75, 3.05) is 13.1 Å². The third kappa shape index (κ3) is 3.57. The molecule has 2 aromatic rings. The van der Waals surface area contributed by atoms with Gasteiger partial charge in [-0.2, -0.15) is 0 Å². The molecule has 1 aliphatic heterocycles. The van der Waals surface area contributed by atoms with Crippen molar-refractivity contribution < 1.29 is 4.79 Å². The maximum absolute atomic E-state index is 12.4. The quantitative estimate of drug-likeness (QED) is 0.869. The number of amides is 1. The van der Waals surface area contributed by atoms with Crippen molar-refractivity contribution in [2.24, 2.45) is 5.92 Å². The molecular weight excluding hydrogens is 290 g/mol. The number of aromatic nitrogens is 4. The maximum Gasteiger partial charge on any atom is 0.274 e. The number of hydrogen-bond acceptors (Lipinski definition) is 4. The van der Waals surface area contributed by atoms with Gasteiger partial charge in [0.1, 0.15) is 11.5 Å². The molecule has 1 amide bonds. The Morgan fingerprint density at radius 2 is 2.00 bits per heavy atom. The first kappa shape index (κ1) is 15.6. The lowest BCUT2D eigenvalue weighted by Gasteiger charge is -2.32. The first-order valence-electron chi connectivity index (χ1n) is 8.21. The lowest BCUT2D eigenvalue weighted by atomic mass is 9.96. The van der Waals surface area contributed by atoms with E-state index >= 15 is 0 Å². The Morgan fingerprint density at radius 1 is 1.22 bits per heavy atom. The fraction of sp³-hybridized carbons (Fsp3) is 0.529. The number of rotatable bonds is 4. The van der Waals surface area contributed by atoms with Gasteiger partial charge in [0.15, 0.2) is 0 Å². The molecule has 1 fully saturated rings. The topological polar surface area (TPSA) is 63.9 Å². The van der Waals surface area contributed by atoms with Crippen molar-refractivity contribution in [1.82, 2.24) is 24.4 Å². The summed E-state index contributed by atoms with van der Waals surface area (Å²) in [5, 5.41) is 0. The summed E-state index contributed by atoms with van der Waals surface area (Å²) < 4.78 is 2.26. The van der Waals surface area contributed by atoms with Gasteiger partial charge in [-0.05, 0) is 18.8 Å². The molecule has 6 nitrogen and oxygen atoms in total. The van der Waals surface area contributed by atoms with Crippen LogP contribution >= 0.6 is 0 Å². The lowest BCUT2D eigenvalue weighted by Crippen LogP contribution is -2.39. The molecule has 0 saturated carbocycles. The molecule has 0 N–H and O–H groups in total. The van der Waals surface area contributed by atoms with Gasteiger partial charge in [-0.15, -0.1) is 0 Å². The van der Waals surface area contributed by atoms with Crippen LogP contribution in [0.25, 0.3) is 0 Å². The average molecular weight is 313 g/mol. The van der Waals surface area contributed by atoms with Crippen molar-refractivity contribution in [3.8, 4) is 0 Å². The second-order valence-corrected chi connectivity index (χ2v) is 6.42. The van der Waals surface area contributed by atoms with Gasteiger partial charge in [0.25, 0.3) is 5.91 Å². The zero-order chi connectivity index (χ0) is 16.2. The summed E-state index contributed by atoms with van der Waals surface area (Å²) in [6.07, 6.45) is 10.7. The van der Waals surface area contributed by atoms with E-state index in [1.807, 2.05) is 11.1 Å². The Hall–Kier alpha value is -2.24. The zero-order valence-corrected chi connectivity index (χ0v) is 13.7. The normalized spacial score (nSPS) is 16.0. The van der Waals surface area contributed by atoms with Crippen LogP contribution in [-0.2, 0) is 6.54 Å². The highest BCUT2D eigenvalue weighted by Crippen LogP contribution is 2.22. The fourth-order valence-corrected chi connectivity index (χ4v) is 3.14. The van der Waals surface area contributed by atoms with Crippen LogP contribution in [0.3, 0.4) is 0 Å². The third-order valence-electron chi connectivity index (χ3n) is 4.40. The molecule has 0 spiro atoms. The first-order chi connectivity index (χ1) is 11.1. The van der Waals surface area contributed by atoms with Crippen molar-refractivity contribution in [2.45, 2.75) is 39.2 Å². The van der Waals surface area contributed by atoms with Crippen LogP contribution in [0, 0.1) is 5.92 Å². The van der Waals surface area contributed by atoms with Crippen LogP contribution in [0.5, 0.6) is 0 Å². The van der Waals surface area contributed by atoms with Gasteiger partial charge in [0, 0.05) is 50.3 Å². The van der Waals surface area contributed by atoms with Gasteiger partial charge in [0.2, 0.25) is 0 Å². The molecule has 0 unspecified atom stereocenters. The Balaban J connectivity index is 1.56. The van der Waals surface area contributed by atoms with Gasteiger partial charge < -0.3 is 9.47 Å². The van der Waals surface area contributed by atoms with E-state index in [0.29, 0.717) is 17.5 Å². The van der Waals surface area contributed by atoms with Crippen molar-refractivity contribution in [1.29, 1.82) is 0 Å². The summed E-state index contributed by atoms with van der Waals surface area (Å²) in [5.41, 5.74) is 0.433. The van der Waals surface area contributed by atoms with Gasteiger partial charge >= 0.3 is 0 Å². The summed E-state index contributed by atoms with van der Waals surface area (Å²) in [6, 6.07) is 0. The van der Waals surface area contributed by atoms with E-state index in [0.717, 1.165) is 38.3 Å². The van der Waals surface area contributed by atoms with E-state index in [-0.39, 0.29) is 5.91 Å². The zero-order valence-electron chi connectivity index (χ0n) is 13.7. The van der Waals surface area contributed by atoms with E-state index in [9.17, 15) is 4.79 Å². The predicted octanol–water partition coefficient (Wildman–Crippen LogP) is 2.35. The highest BCUT2D eigenvalue weighted by molar-refractivity contribution is 5.91. The van der Waals surface area contributed by atoms with E-state index in [1.165, 1.54) is 6.20 Å². The highest BCUT2D eigenvalue weighted by Gasteiger charge is 2.25. The van der Waals surface area contributed by atoms with Crippen molar-refractivity contribution in [3.63, 3.8) is 0 Å². The molecule has 1 aliphatic rings. The second kappa shape index (κ2) is 6.89. The molecule has 1 saturated heterocycles. The van der Waals surface area contributed by atoms with E-state index in [1.54, 1.807) is 12.4 Å². The number of carbonyl (C=O) groups excluding carboxylic acids is 1. The number of likely N-dealkylation sites (tertiary alicyclic amines) is 1. The van der Waals surface area contributed by atoms with Crippen LogP contribution in [0.2, 0.25) is 0 Å². The summed E-state index contributed by atoms with van der Waals surface area (Å²) in [6.45, 7) is 6.89. The monoisotopic (exact) mass is 313 g/mol. The minimum absolute atomic E-state index is 0.0120. The molecular formula is C17H23N5O. The average Bonchev–Trinajstić information content (AvgIpc) is 3.04. The second-order valence-electron chi connectivity index (χ2n) is 6.42. The number of imidazole rings is 1. The molecule has 122 valence electrons. The molecule has 0 aromatic carbocycles. The van der Waals surface area contributed by atoms with Crippen molar-refractivity contribution in [3.05, 3.63) is 42.5 Å². The molecule has 6 heteroatoms. The van der Waals surface area contributed by atoms with E-state index < -0.39 is 0 Å². The van der Waals surface area contributed by atoms with E-state index in [2.05, 4.69) is 39.6 Å². The Kier molecular flexibility index (Phi) is 4.69. The molecule has 23 heavy (non-hydrogen) atoms. The highest BCUT2D eigenvalue weighted by atomic mass is 16.2. The maximum atomic E-state index is 12.4. The summed E-state index contributed by atoms with van der Waals surface area (Å²) in [5.74, 6) is 2.15. The first-order valence-corrected chi connectivity index (χ1v) is 8.21. The largest absolute Gasteiger partial charge is 0.337 e. The van der Waals surface area contributed by atoms with E-state index in [4.69, 9.17) is 0 Å². The molecule has 0 bridgehead atoms. The number of hydrogen-bond donors (Lipinski definition) is 0. The number of carbonyl (C=O) groups is 1. The SMILES string of the molecule is CC(C)c1nccn1CC1CCN(C(=O)c2cnccn2)CC1. The Morgan fingerprint density at radius 3 is 2.65 bits per heavy atom. The van der Waals surface area contributed by atoms with Crippen LogP contribution in [0.1, 0.15) is 48.9 Å². The molecule has 0 aliphatic carbocycles. The molecule has 2 aromatic heterocycles.